The summed E-state index contributed by atoms with van der Waals surface area (Å²) in [5.41, 5.74) is 1.35. The maximum absolute atomic E-state index is 12.7. The van der Waals surface area contributed by atoms with Gasteiger partial charge in [0.25, 0.3) is 0 Å². The Labute approximate surface area is 158 Å². The molecule has 2 aromatic rings. The molecule has 2 bridgehead atoms. The van der Waals surface area contributed by atoms with Gasteiger partial charge in [0.15, 0.2) is 0 Å². The van der Waals surface area contributed by atoms with Crippen LogP contribution in [0.25, 0.3) is 0 Å². The van der Waals surface area contributed by atoms with Gasteiger partial charge in [-0.2, -0.15) is 0 Å². The lowest BCUT2D eigenvalue weighted by Gasteiger charge is -2.36. The van der Waals surface area contributed by atoms with Gasteiger partial charge in [-0.1, -0.05) is 30.3 Å². The van der Waals surface area contributed by atoms with E-state index in [-0.39, 0.29) is 11.2 Å². The average molecular weight is 374 g/mol. The highest BCUT2D eigenvalue weighted by atomic mass is 35.5. The molecule has 138 valence electrons. The zero-order valence-electron chi connectivity index (χ0n) is 14.8. The standard InChI is InChI=1S/C19H24ClN5O/c20-19-21-17(22-23-19)8-9-18(26)25-12-15-6-7-16(13-25)24(11-15)10-14-4-2-1-3-5-14/h1-5,15-16H,6-13H2,(H,21,22,23)/t15-,16-/m0/s1. The topological polar surface area (TPSA) is 65.1 Å². The van der Waals surface area contributed by atoms with E-state index in [1.807, 2.05) is 0 Å². The maximum Gasteiger partial charge on any atom is 0.242 e. The fourth-order valence-corrected chi connectivity index (χ4v) is 4.31. The molecule has 4 heterocycles. The van der Waals surface area contributed by atoms with Crippen LogP contribution in [0.15, 0.2) is 30.3 Å². The first-order valence-corrected chi connectivity index (χ1v) is 9.67. The van der Waals surface area contributed by atoms with Crippen LogP contribution in [0, 0.1) is 5.92 Å². The number of hydrogen-bond donors (Lipinski definition) is 1. The smallest absolute Gasteiger partial charge is 0.242 e. The molecule has 0 spiro atoms. The molecule has 1 amide bonds. The molecule has 3 saturated heterocycles. The SMILES string of the molecule is O=C(CCc1nc(Cl)n[nH]1)N1C[C@H]2CC[C@@H](C1)N(Cc1ccccc1)C2. The van der Waals surface area contributed by atoms with E-state index in [4.69, 9.17) is 11.6 Å². The third-order valence-electron chi connectivity index (χ3n) is 5.49. The Kier molecular flexibility index (Phi) is 5.22. The van der Waals surface area contributed by atoms with E-state index >= 15 is 0 Å². The first kappa shape index (κ1) is 17.5. The lowest BCUT2D eigenvalue weighted by atomic mass is 9.94. The molecule has 6 nitrogen and oxygen atoms in total. The van der Waals surface area contributed by atoms with Gasteiger partial charge < -0.3 is 4.90 Å². The Morgan fingerprint density at radius 2 is 2.04 bits per heavy atom. The van der Waals surface area contributed by atoms with Gasteiger partial charge in [-0.05, 0) is 35.9 Å². The van der Waals surface area contributed by atoms with Gasteiger partial charge >= 0.3 is 0 Å². The molecule has 2 atom stereocenters. The van der Waals surface area contributed by atoms with Crippen LogP contribution in [0.2, 0.25) is 5.28 Å². The number of piperidine rings is 1. The number of nitrogens with zero attached hydrogens (tertiary/aromatic N) is 4. The number of nitrogens with one attached hydrogen (secondary N) is 1. The van der Waals surface area contributed by atoms with Crippen molar-refractivity contribution >= 4 is 17.5 Å². The molecular formula is C19H24ClN5O. The van der Waals surface area contributed by atoms with Crippen LogP contribution in [0.1, 0.15) is 30.7 Å². The van der Waals surface area contributed by atoms with Crippen LogP contribution < -0.4 is 0 Å². The van der Waals surface area contributed by atoms with Crippen molar-refractivity contribution < 1.29 is 4.79 Å². The Balaban J connectivity index is 1.37. The summed E-state index contributed by atoms with van der Waals surface area (Å²) < 4.78 is 0. The molecule has 1 aromatic heterocycles. The van der Waals surface area contributed by atoms with Crippen molar-refractivity contribution in [3.05, 3.63) is 47.0 Å². The number of benzene rings is 1. The molecule has 0 aliphatic carbocycles. The molecule has 1 aromatic carbocycles. The summed E-state index contributed by atoms with van der Waals surface area (Å²) in [5.74, 6) is 1.45. The molecule has 5 rings (SSSR count). The van der Waals surface area contributed by atoms with Crippen molar-refractivity contribution in [2.45, 2.75) is 38.3 Å². The Morgan fingerprint density at radius 1 is 1.19 bits per heavy atom. The monoisotopic (exact) mass is 373 g/mol. The number of hydrogen-bond acceptors (Lipinski definition) is 4. The summed E-state index contributed by atoms with van der Waals surface area (Å²) in [6.07, 6.45) is 3.40. The van der Waals surface area contributed by atoms with Crippen molar-refractivity contribution in [2.75, 3.05) is 19.6 Å². The number of fused-ring (bicyclic) bond motifs is 4. The van der Waals surface area contributed by atoms with Gasteiger partial charge in [0.1, 0.15) is 5.82 Å². The van der Waals surface area contributed by atoms with Crippen LogP contribution in [-0.4, -0.2) is 56.6 Å². The lowest BCUT2D eigenvalue weighted by Crippen LogP contribution is -2.43. The minimum atomic E-state index is 0.205. The fraction of sp³-hybridized carbons (Fsp3) is 0.526. The number of aromatic nitrogens is 3. The maximum atomic E-state index is 12.7. The van der Waals surface area contributed by atoms with Gasteiger partial charge in [0.05, 0.1) is 0 Å². The molecule has 0 saturated carbocycles. The molecule has 26 heavy (non-hydrogen) atoms. The van der Waals surface area contributed by atoms with Crippen LogP contribution in [-0.2, 0) is 17.8 Å². The minimum Gasteiger partial charge on any atom is -0.341 e. The summed E-state index contributed by atoms with van der Waals surface area (Å²) in [4.78, 5) is 21.4. The van der Waals surface area contributed by atoms with Crippen molar-refractivity contribution in [3.8, 4) is 0 Å². The van der Waals surface area contributed by atoms with Crippen LogP contribution in [0.4, 0.5) is 0 Å². The number of halogens is 1. The Hall–Kier alpha value is -1.92. The largest absolute Gasteiger partial charge is 0.341 e. The third-order valence-corrected chi connectivity index (χ3v) is 5.66. The molecule has 7 heteroatoms. The second-order valence-electron chi connectivity index (χ2n) is 7.36. The number of carbonyl (C=O) groups is 1. The minimum absolute atomic E-state index is 0.205. The molecule has 0 unspecified atom stereocenters. The molecule has 3 aliphatic rings. The summed E-state index contributed by atoms with van der Waals surface area (Å²) in [6.45, 7) is 3.76. The Bertz CT molecular complexity index is 749. The van der Waals surface area contributed by atoms with Crippen LogP contribution >= 0.6 is 11.6 Å². The summed E-state index contributed by atoms with van der Waals surface area (Å²) in [6, 6.07) is 11.1. The molecule has 3 fully saturated rings. The molecular weight excluding hydrogens is 350 g/mol. The first-order chi connectivity index (χ1) is 12.7. The number of aromatic amines is 1. The highest BCUT2D eigenvalue weighted by Gasteiger charge is 2.36. The van der Waals surface area contributed by atoms with E-state index in [0.29, 0.717) is 30.6 Å². The highest BCUT2D eigenvalue weighted by Crippen LogP contribution is 2.29. The van der Waals surface area contributed by atoms with E-state index in [1.165, 1.54) is 18.4 Å². The number of rotatable bonds is 5. The highest BCUT2D eigenvalue weighted by molar-refractivity contribution is 6.28. The van der Waals surface area contributed by atoms with Gasteiger partial charge in [0, 0.05) is 45.1 Å². The van der Waals surface area contributed by atoms with E-state index < -0.39 is 0 Å². The van der Waals surface area contributed by atoms with Crippen LogP contribution in [0.5, 0.6) is 0 Å². The quantitative estimate of drug-likeness (QED) is 0.874. The van der Waals surface area contributed by atoms with Crippen molar-refractivity contribution in [1.82, 2.24) is 25.0 Å². The van der Waals surface area contributed by atoms with E-state index in [2.05, 4.69) is 55.3 Å². The number of carbonyl (C=O) groups excluding carboxylic acids is 1. The van der Waals surface area contributed by atoms with Gasteiger partial charge in [-0.15, -0.1) is 5.10 Å². The van der Waals surface area contributed by atoms with E-state index in [1.54, 1.807) is 0 Å². The second-order valence-corrected chi connectivity index (χ2v) is 7.70. The predicted molar refractivity (Wildman–Crippen MR) is 99.7 cm³/mol. The third kappa shape index (κ3) is 4.07. The molecule has 1 N–H and O–H groups in total. The first-order valence-electron chi connectivity index (χ1n) is 9.30. The van der Waals surface area contributed by atoms with Crippen molar-refractivity contribution in [2.24, 2.45) is 5.92 Å². The number of amides is 1. The normalized spacial score (nSPS) is 23.2. The lowest BCUT2D eigenvalue weighted by molar-refractivity contribution is -0.131. The van der Waals surface area contributed by atoms with Gasteiger partial charge in [-0.25, -0.2) is 4.98 Å². The van der Waals surface area contributed by atoms with Crippen molar-refractivity contribution in [3.63, 3.8) is 0 Å². The second kappa shape index (κ2) is 7.76. The molecule has 3 aliphatic heterocycles. The molecule has 0 radical (unpaired) electrons. The zero-order valence-corrected chi connectivity index (χ0v) is 15.5. The predicted octanol–water partition coefficient (Wildman–Crippen LogP) is 2.51. The van der Waals surface area contributed by atoms with Gasteiger partial charge in [-0.3, -0.25) is 14.8 Å². The number of aryl methyl sites for hydroxylation is 1. The van der Waals surface area contributed by atoms with E-state index in [9.17, 15) is 4.79 Å². The van der Waals surface area contributed by atoms with E-state index in [0.717, 1.165) is 26.2 Å². The Morgan fingerprint density at radius 3 is 2.81 bits per heavy atom. The summed E-state index contributed by atoms with van der Waals surface area (Å²) in [7, 11) is 0. The summed E-state index contributed by atoms with van der Waals surface area (Å²) >= 11 is 5.72. The fourth-order valence-electron chi connectivity index (χ4n) is 4.16. The number of H-pyrrole nitrogens is 1. The van der Waals surface area contributed by atoms with Crippen molar-refractivity contribution in [1.29, 1.82) is 0 Å². The van der Waals surface area contributed by atoms with Crippen LogP contribution in [0.3, 0.4) is 0 Å². The summed E-state index contributed by atoms with van der Waals surface area (Å²) in [5, 5.41) is 6.78. The van der Waals surface area contributed by atoms with Gasteiger partial charge in [0.2, 0.25) is 11.2 Å². The zero-order chi connectivity index (χ0) is 17.9. The average Bonchev–Trinajstić information content (AvgIpc) is 2.87.